The molecule has 0 N–H and O–H groups in total. The Kier molecular flexibility index (Phi) is 3.11. The molecular formula is C28H20. The van der Waals surface area contributed by atoms with Crippen LogP contribution in [0.15, 0.2) is 84.9 Å². The van der Waals surface area contributed by atoms with Crippen LogP contribution in [0, 0.1) is 13.8 Å². The highest BCUT2D eigenvalue weighted by molar-refractivity contribution is 6.26. The van der Waals surface area contributed by atoms with Crippen LogP contribution in [0.5, 0.6) is 0 Å². The van der Waals surface area contributed by atoms with Crippen molar-refractivity contribution in [3.05, 3.63) is 96.1 Å². The van der Waals surface area contributed by atoms with Gasteiger partial charge in [-0.2, -0.15) is 0 Å². The van der Waals surface area contributed by atoms with Gasteiger partial charge in [-0.1, -0.05) is 84.4 Å². The van der Waals surface area contributed by atoms with Crippen LogP contribution in [-0.2, 0) is 0 Å². The second kappa shape index (κ2) is 5.56. The quantitative estimate of drug-likeness (QED) is 0.262. The molecule has 0 amide bonds. The fraction of sp³-hybridized carbons (Fsp3) is 0.0714. The first-order valence-electron chi connectivity index (χ1n) is 9.87. The van der Waals surface area contributed by atoms with E-state index in [1.165, 1.54) is 65.3 Å². The summed E-state index contributed by atoms with van der Waals surface area (Å²) < 4.78 is 0. The van der Waals surface area contributed by atoms with Crippen LogP contribution < -0.4 is 0 Å². The summed E-state index contributed by atoms with van der Waals surface area (Å²) in [5.41, 5.74) is 5.24. The Balaban J connectivity index is 1.72. The standard InChI is InChI=1S/C28H20/c1-17-3-5-22-16-23(8-7-21(22)15-17)25-13-10-20-9-12-24-18(2)4-6-19-11-14-26(25)28(20)27(19)24/h3-16H,1-2H3. The highest BCUT2D eigenvalue weighted by Gasteiger charge is 2.13. The van der Waals surface area contributed by atoms with Gasteiger partial charge in [0.2, 0.25) is 0 Å². The van der Waals surface area contributed by atoms with Gasteiger partial charge >= 0.3 is 0 Å². The Hall–Kier alpha value is -3.38. The van der Waals surface area contributed by atoms with E-state index >= 15 is 0 Å². The van der Waals surface area contributed by atoms with Gasteiger partial charge in [0.25, 0.3) is 0 Å². The van der Waals surface area contributed by atoms with Gasteiger partial charge in [-0.15, -0.1) is 0 Å². The maximum Gasteiger partial charge on any atom is -0.00205 e. The summed E-state index contributed by atoms with van der Waals surface area (Å²) in [4.78, 5) is 0. The number of hydrogen-bond donors (Lipinski definition) is 0. The molecule has 0 radical (unpaired) electrons. The van der Waals surface area contributed by atoms with Crippen molar-refractivity contribution < 1.29 is 0 Å². The molecule has 6 rings (SSSR count). The topological polar surface area (TPSA) is 0 Å². The molecule has 0 atom stereocenters. The second-order valence-electron chi connectivity index (χ2n) is 7.98. The molecule has 0 aliphatic carbocycles. The molecule has 0 unspecified atom stereocenters. The van der Waals surface area contributed by atoms with Crippen molar-refractivity contribution in [1.29, 1.82) is 0 Å². The first-order chi connectivity index (χ1) is 13.7. The molecule has 0 saturated heterocycles. The van der Waals surface area contributed by atoms with Crippen LogP contribution in [0.1, 0.15) is 11.1 Å². The van der Waals surface area contributed by atoms with E-state index in [9.17, 15) is 0 Å². The van der Waals surface area contributed by atoms with Crippen molar-refractivity contribution in [2.24, 2.45) is 0 Å². The van der Waals surface area contributed by atoms with Crippen LogP contribution in [0.4, 0.5) is 0 Å². The molecule has 0 bridgehead atoms. The van der Waals surface area contributed by atoms with Gasteiger partial charge in [0, 0.05) is 0 Å². The van der Waals surface area contributed by atoms with Crippen LogP contribution in [0.25, 0.3) is 54.2 Å². The van der Waals surface area contributed by atoms with Gasteiger partial charge in [0.05, 0.1) is 0 Å². The predicted molar refractivity (Wildman–Crippen MR) is 123 cm³/mol. The maximum atomic E-state index is 2.33. The van der Waals surface area contributed by atoms with E-state index in [1.807, 2.05) is 0 Å². The smallest absolute Gasteiger partial charge is 0.00205 e. The van der Waals surface area contributed by atoms with Crippen molar-refractivity contribution in [3.8, 4) is 11.1 Å². The monoisotopic (exact) mass is 356 g/mol. The minimum atomic E-state index is 1.28. The van der Waals surface area contributed by atoms with Gasteiger partial charge in [0.15, 0.2) is 0 Å². The second-order valence-corrected chi connectivity index (χ2v) is 7.98. The van der Waals surface area contributed by atoms with Crippen LogP contribution >= 0.6 is 0 Å². The van der Waals surface area contributed by atoms with Crippen molar-refractivity contribution in [2.45, 2.75) is 13.8 Å². The predicted octanol–water partition coefficient (Wildman–Crippen LogP) is 8.02. The fourth-order valence-corrected chi connectivity index (χ4v) is 4.73. The van der Waals surface area contributed by atoms with Crippen LogP contribution in [-0.4, -0.2) is 0 Å². The van der Waals surface area contributed by atoms with E-state index in [1.54, 1.807) is 0 Å². The average Bonchev–Trinajstić information content (AvgIpc) is 2.73. The summed E-state index contributed by atoms with van der Waals surface area (Å²) in [5, 5.41) is 10.7. The molecule has 132 valence electrons. The lowest BCUT2D eigenvalue weighted by Gasteiger charge is -2.15. The van der Waals surface area contributed by atoms with Gasteiger partial charge in [-0.3, -0.25) is 0 Å². The van der Waals surface area contributed by atoms with Gasteiger partial charge in [-0.25, -0.2) is 0 Å². The van der Waals surface area contributed by atoms with E-state index < -0.39 is 0 Å². The molecule has 0 spiro atoms. The van der Waals surface area contributed by atoms with E-state index in [-0.39, 0.29) is 0 Å². The Bertz CT molecular complexity index is 1520. The molecular weight excluding hydrogens is 336 g/mol. The number of rotatable bonds is 1. The molecule has 0 aliphatic rings. The lowest BCUT2D eigenvalue weighted by Crippen LogP contribution is -1.89. The Morgan fingerprint density at radius 2 is 1.07 bits per heavy atom. The molecule has 0 heterocycles. The molecule has 0 nitrogen and oxygen atoms in total. The van der Waals surface area contributed by atoms with E-state index in [0.717, 1.165) is 0 Å². The Labute approximate surface area is 164 Å². The summed E-state index contributed by atoms with van der Waals surface area (Å²) in [7, 11) is 0. The highest BCUT2D eigenvalue weighted by atomic mass is 14.2. The third-order valence-corrected chi connectivity index (χ3v) is 6.19. The third kappa shape index (κ3) is 2.12. The maximum absolute atomic E-state index is 2.33. The zero-order valence-electron chi connectivity index (χ0n) is 16.1. The van der Waals surface area contributed by atoms with Gasteiger partial charge in [-0.05, 0) is 79.7 Å². The van der Waals surface area contributed by atoms with Gasteiger partial charge < -0.3 is 0 Å². The largest absolute Gasteiger partial charge is 0.0587 e. The lowest BCUT2D eigenvalue weighted by molar-refractivity contribution is 1.51. The minimum absolute atomic E-state index is 1.28. The zero-order valence-corrected chi connectivity index (χ0v) is 16.1. The van der Waals surface area contributed by atoms with E-state index in [2.05, 4.69) is 98.8 Å². The Morgan fingerprint density at radius 1 is 0.464 bits per heavy atom. The summed E-state index contributed by atoms with van der Waals surface area (Å²) in [6.07, 6.45) is 0. The number of aryl methyl sites for hydroxylation is 2. The van der Waals surface area contributed by atoms with Crippen molar-refractivity contribution >= 4 is 43.1 Å². The summed E-state index contributed by atoms with van der Waals surface area (Å²) in [5.74, 6) is 0. The molecule has 0 aliphatic heterocycles. The highest BCUT2D eigenvalue weighted by Crippen LogP contribution is 2.40. The van der Waals surface area contributed by atoms with E-state index in [0.29, 0.717) is 0 Å². The molecule has 0 aromatic heterocycles. The van der Waals surface area contributed by atoms with Crippen molar-refractivity contribution in [3.63, 3.8) is 0 Å². The van der Waals surface area contributed by atoms with E-state index in [4.69, 9.17) is 0 Å². The first kappa shape index (κ1) is 15.7. The number of hydrogen-bond acceptors (Lipinski definition) is 0. The fourth-order valence-electron chi connectivity index (χ4n) is 4.73. The molecule has 0 fully saturated rings. The number of benzene rings is 6. The molecule has 6 aromatic carbocycles. The zero-order chi connectivity index (χ0) is 18.8. The summed E-state index contributed by atoms with van der Waals surface area (Å²) in [6.45, 7) is 4.36. The SMILES string of the molecule is Cc1ccc2cc(-c3ccc4ccc5c(C)ccc6ccc3c4c65)ccc2c1. The molecule has 0 saturated carbocycles. The number of fused-ring (bicyclic) bond motifs is 1. The molecule has 28 heavy (non-hydrogen) atoms. The van der Waals surface area contributed by atoms with Crippen molar-refractivity contribution in [2.75, 3.05) is 0 Å². The Morgan fingerprint density at radius 3 is 1.93 bits per heavy atom. The normalized spacial score (nSPS) is 11.9. The van der Waals surface area contributed by atoms with Crippen LogP contribution in [0.3, 0.4) is 0 Å². The summed E-state index contributed by atoms with van der Waals surface area (Å²) >= 11 is 0. The van der Waals surface area contributed by atoms with Crippen LogP contribution in [0.2, 0.25) is 0 Å². The first-order valence-corrected chi connectivity index (χ1v) is 9.87. The van der Waals surface area contributed by atoms with Crippen molar-refractivity contribution in [1.82, 2.24) is 0 Å². The summed E-state index contributed by atoms with van der Waals surface area (Å²) in [6, 6.07) is 31.7. The lowest BCUT2D eigenvalue weighted by atomic mass is 9.88. The molecule has 0 heteroatoms. The average molecular weight is 356 g/mol. The molecule has 6 aromatic rings. The van der Waals surface area contributed by atoms with Gasteiger partial charge in [0.1, 0.15) is 0 Å². The minimum Gasteiger partial charge on any atom is -0.0587 e. The third-order valence-electron chi connectivity index (χ3n) is 6.19.